The summed E-state index contributed by atoms with van der Waals surface area (Å²) in [5.74, 6) is 0. The van der Waals surface area contributed by atoms with E-state index in [1.807, 2.05) is 0 Å². The lowest BCUT2D eigenvalue weighted by molar-refractivity contribution is -0.138. The third kappa shape index (κ3) is 5.48. The second kappa shape index (κ2) is 8.83. The summed E-state index contributed by atoms with van der Waals surface area (Å²) in [5.41, 5.74) is -0.527. The highest BCUT2D eigenvalue weighted by atomic mass is 32.2. The number of hydrogen-bond donors (Lipinski definition) is 2. The number of sulfonamides is 1. The van der Waals surface area contributed by atoms with Crippen molar-refractivity contribution in [2.75, 3.05) is 14.1 Å². The third-order valence-corrected chi connectivity index (χ3v) is 6.17. The van der Waals surface area contributed by atoms with E-state index >= 15 is 0 Å². The van der Waals surface area contributed by atoms with Crippen molar-refractivity contribution in [3.05, 3.63) is 65.2 Å². The zero-order valence-corrected chi connectivity index (χ0v) is 16.9. The molecule has 0 saturated carbocycles. The summed E-state index contributed by atoms with van der Waals surface area (Å²) < 4.78 is 65.3. The molecule has 2 aromatic carbocycles. The normalized spacial score (nSPS) is 13.2. The van der Waals surface area contributed by atoms with Gasteiger partial charge in [-0.2, -0.15) is 13.2 Å². The number of carbonyl (C=O) groups excluding carboxylic acids is 1. The van der Waals surface area contributed by atoms with Gasteiger partial charge in [-0.15, -0.1) is 0 Å². The molecule has 0 aliphatic heterocycles. The molecule has 0 fully saturated rings. The molecule has 2 amide bonds. The molecule has 0 saturated heterocycles. The van der Waals surface area contributed by atoms with Crippen molar-refractivity contribution < 1.29 is 26.4 Å². The first-order chi connectivity index (χ1) is 13.4. The van der Waals surface area contributed by atoms with Crippen molar-refractivity contribution in [3.63, 3.8) is 0 Å². The quantitative estimate of drug-likeness (QED) is 0.738. The Morgan fingerprint density at radius 2 is 1.66 bits per heavy atom. The predicted molar refractivity (Wildman–Crippen MR) is 103 cm³/mol. The van der Waals surface area contributed by atoms with Crippen LogP contribution < -0.4 is 10.6 Å². The molecule has 0 bridgehead atoms. The molecule has 0 aliphatic rings. The molecule has 0 aliphatic carbocycles. The monoisotopic (exact) mass is 429 g/mol. The van der Waals surface area contributed by atoms with E-state index in [2.05, 4.69) is 10.6 Å². The maximum Gasteiger partial charge on any atom is 0.416 e. The Bertz CT molecular complexity index is 976. The summed E-state index contributed by atoms with van der Waals surface area (Å²) in [7, 11) is -0.917. The van der Waals surface area contributed by atoms with Gasteiger partial charge in [-0.05, 0) is 30.2 Å². The van der Waals surface area contributed by atoms with Crippen molar-refractivity contribution in [3.8, 4) is 0 Å². The Morgan fingerprint density at radius 3 is 2.28 bits per heavy atom. The zero-order valence-electron chi connectivity index (χ0n) is 16.1. The maximum absolute atomic E-state index is 13.1. The van der Waals surface area contributed by atoms with Crippen molar-refractivity contribution in [2.24, 2.45) is 0 Å². The molecule has 158 valence electrons. The first-order valence-electron chi connectivity index (χ1n) is 8.65. The van der Waals surface area contributed by atoms with Gasteiger partial charge in [0.15, 0.2) is 0 Å². The van der Waals surface area contributed by atoms with Crippen molar-refractivity contribution in [1.29, 1.82) is 0 Å². The maximum atomic E-state index is 13.1. The minimum Gasteiger partial charge on any atom is -0.334 e. The average molecular weight is 429 g/mol. The van der Waals surface area contributed by atoms with Crippen molar-refractivity contribution in [1.82, 2.24) is 14.9 Å². The minimum absolute atomic E-state index is 0.0424. The van der Waals surface area contributed by atoms with Crippen LogP contribution in [-0.4, -0.2) is 32.8 Å². The first-order valence-corrected chi connectivity index (χ1v) is 10.1. The van der Waals surface area contributed by atoms with E-state index in [4.69, 9.17) is 0 Å². The van der Waals surface area contributed by atoms with Gasteiger partial charge in [0.1, 0.15) is 0 Å². The predicted octanol–water partition coefficient (Wildman–Crippen LogP) is 3.52. The highest BCUT2D eigenvalue weighted by Gasteiger charge is 2.34. The van der Waals surface area contributed by atoms with Crippen LogP contribution in [0.2, 0.25) is 0 Å². The number of nitrogens with one attached hydrogen (secondary N) is 2. The van der Waals surface area contributed by atoms with E-state index in [0.29, 0.717) is 5.56 Å². The van der Waals surface area contributed by atoms with Crippen LogP contribution in [-0.2, 0) is 22.7 Å². The number of hydrogen-bond acceptors (Lipinski definition) is 3. The van der Waals surface area contributed by atoms with Crippen LogP contribution in [0.15, 0.2) is 53.4 Å². The van der Waals surface area contributed by atoms with Crippen LogP contribution in [0, 0.1) is 0 Å². The SMILES string of the molecule is CC(NC(=O)NCc1ccccc1S(=O)(=O)N(C)C)c1ccccc1C(F)(F)F. The van der Waals surface area contributed by atoms with E-state index < -0.39 is 33.8 Å². The summed E-state index contributed by atoms with van der Waals surface area (Å²) >= 11 is 0. The van der Waals surface area contributed by atoms with Gasteiger partial charge in [-0.1, -0.05) is 36.4 Å². The molecule has 2 N–H and O–H groups in total. The van der Waals surface area contributed by atoms with Gasteiger partial charge >= 0.3 is 12.2 Å². The van der Waals surface area contributed by atoms with Gasteiger partial charge in [-0.25, -0.2) is 17.5 Å². The molecule has 6 nitrogen and oxygen atoms in total. The van der Waals surface area contributed by atoms with Crippen LogP contribution in [0.4, 0.5) is 18.0 Å². The van der Waals surface area contributed by atoms with E-state index in [1.54, 1.807) is 18.2 Å². The molecule has 0 spiro atoms. The number of amides is 2. The number of benzene rings is 2. The van der Waals surface area contributed by atoms with E-state index in [1.165, 1.54) is 45.3 Å². The van der Waals surface area contributed by atoms with Crippen LogP contribution in [0.1, 0.15) is 29.7 Å². The number of rotatable bonds is 6. The highest BCUT2D eigenvalue weighted by Crippen LogP contribution is 2.34. The van der Waals surface area contributed by atoms with Gasteiger partial charge < -0.3 is 10.6 Å². The Labute approximate surface area is 167 Å². The molecule has 2 aromatic rings. The van der Waals surface area contributed by atoms with E-state index in [9.17, 15) is 26.4 Å². The molecule has 29 heavy (non-hydrogen) atoms. The van der Waals surface area contributed by atoms with Gasteiger partial charge in [-0.3, -0.25) is 0 Å². The Morgan fingerprint density at radius 1 is 1.07 bits per heavy atom. The second-order valence-electron chi connectivity index (χ2n) is 6.53. The largest absolute Gasteiger partial charge is 0.416 e. The molecule has 1 unspecified atom stereocenters. The van der Waals surface area contributed by atoms with Crippen molar-refractivity contribution >= 4 is 16.1 Å². The molecule has 0 radical (unpaired) electrons. The number of urea groups is 1. The molecular formula is C19H22F3N3O3S. The Balaban J connectivity index is 2.11. The topological polar surface area (TPSA) is 78.5 Å². The van der Waals surface area contributed by atoms with Gasteiger partial charge in [0.05, 0.1) is 16.5 Å². The summed E-state index contributed by atoms with van der Waals surface area (Å²) in [6.45, 7) is 1.33. The Kier molecular flexibility index (Phi) is 6.91. The van der Waals surface area contributed by atoms with Gasteiger partial charge in [0.2, 0.25) is 10.0 Å². The number of carbonyl (C=O) groups is 1. The Hall–Kier alpha value is -2.59. The summed E-state index contributed by atoms with van der Waals surface area (Å²) in [5, 5.41) is 4.94. The van der Waals surface area contributed by atoms with Crippen molar-refractivity contribution in [2.45, 2.75) is 30.6 Å². The molecule has 0 aromatic heterocycles. The van der Waals surface area contributed by atoms with E-state index in [0.717, 1.165) is 10.4 Å². The fraction of sp³-hybridized carbons (Fsp3) is 0.316. The summed E-state index contributed by atoms with van der Waals surface area (Å²) in [6.07, 6.45) is -4.54. The average Bonchev–Trinajstić information content (AvgIpc) is 2.65. The summed E-state index contributed by atoms with van der Waals surface area (Å²) in [4.78, 5) is 12.2. The number of nitrogens with zero attached hydrogens (tertiary/aromatic N) is 1. The van der Waals surface area contributed by atoms with Crippen LogP contribution in [0.3, 0.4) is 0 Å². The highest BCUT2D eigenvalue weighted by molar-refractivity contribution is 7.89. The van der Waals surface area contributed by atoms with Crippen LogP contribution in [0.25, 0.3) is 0 Å². The number of alkyl halides is 3. The molecule has 1 atom stereocenters. The lowest BCUT2D eigenvalue weighted by atomic mass is 10.0. The lowest BCUT2D eigenvalue weighted by Crippen LogP contribution is -2.37. The molecule has 10 heteroatoms. The molecule has 2 rings (SSSR count). The second-order valence-corrected chi connectivity index (χ2v) is 8.65. The summed E-state index contributed by atoms with van der Waals surface area (Å²) in [6, 6.07) is 9.54. The first kappa shape index (κ1) is 22.7. The fourth-order valence-corrected chi connectivity index (χ4v) is 3.85. The standard InChI is InChI=1S/C19H22F3N3O3S/c1-13(15-9-5-6-10-16(15)19(20,21)22)24-18(26)23-12-14-8-4-7-11-17(14)29(27,28)25(2)3/h4-11,13H,12H2,1-3H3,(H2,23,24,26). The zero-order chi connectivity index (χ0) is 21.8. The minimum atomic E-state index is -4.54. The van der Waals surface area contributed by atoms with Crippen LogP contribution >= 0.6 is 0 Å². The van der Waals surface area contributed by atoms with Gasteiger partial charge in [0, 0.05) is 20.6 Å². The molecule has 0 heterocycles. The number of halogens is 3. The smallest absolute Gasteiger partial charge is 0.334 e. The molecular weight excluding hydrogens is 407 g/mol. The van der Waals surface area contributed by atoms with Gasteiger partial charge in [0.25, 0.3) is 0 Å². The fourth-order valence-electron chi connectivity index (χ4n) is 2.73. The van der Waals surface area contributed by atoms with Crippen LogP contribution in [0.5, 0.6) is 0 Å². The lowest BCUT2D eigenvalue weighted by Gasteiger charge is -2.20. The van der Waals surface area contributed by atoms with E-state index in [-0.39, 0.29) is 17.0 Å². The third-order valence-electron chi connectivity index (χ3n) is 4.25.